The summed E-state index contributed by atoms with van der Waals surface area (Å²) in [5, 5.41) is 14.9. The average molecular weight is 558 g/mol. The van der Waals surface area contributed by atoms with Crippen LogP contribution < -0.4 is 5.32 Å². The Hall–Kier alpha value is -3.75. The second-order valence-electron chi connectivity index (χ2n) is 9.74. The molecule has 0 radical (unpaired) electrons. The third-order valence-corrected chi connectivity index (χ3v) is 8.21. The number of hydrogen-bond acceptors (Lipinski definition) is 4. The van der Waals surface area contributed by atoms with E-state index < -0.39 is 35.3 Å². The Morgan fingerprint density at radius 1 is 0.946 bits per heavy atom. The van der Waals surface area contributed by atoms with Gasteiger partial charge in [0.1, 0.15) is 5.54 Å². The van der Waals surface area contributed by atoms with Crippen LogP contribution in [-0.2, 0) is 27.3 Å². The van der Waals surface area contributed by atoms with E-state index in [2.05, 4.69) is 26.2 Å². The Kier molecular flexibility index (Phi) is 5.73. The topological polar surface area (TPSA) is 102 Å². The molecule has 37 heavy (non-hydrogen) atoms. The zero-order valence-corrected chi connectivity index (χ0v) is 21.3. The third kappa shape index (κ3) is 3.79. The van der Waals surface area contributed by atoms with Crippen molar-refractivity contribution >= 4 is 44.6 Å². The minimum absolute atomic E-state index is 0.0543. The van der Waals surface area contributed by atoms with Crippen molar-refractivity contribution in [3.63, 3.8) is 0 Å². The molecule has 7 nitrogen and oxygen atoms in total. The summed E-state index contributed by atoms with van der Waals surface area (Å²) < 4.78 is 0.869. The summed E-state index contributed by atoms with van der Waals surface area (Å²) in [6.45, 7) is 0.112. The first kappa shape index (κ1) is 23.6. The van der Waals surface area contributed by atoms with E-state index in [0.29, 0.717) is 0 Å². The number of hydrogen-bond donors (Lipinski definition) is 3. The summed E-state index contributed by atoms with van der Waals surface area (Å²) in [6.07, 6.45) is 1.85. The van der Waals surface area contributed by atoms with Crippen LogP contribution in [0.3, 0.4) is 0 Å². The van der Waals surface area contributed by atoms with Gasteiger partial charge in [0.2, 0.25) is 11.8 Å². The summed E-state index contributed by atoms with van der Waals surface area (Å²) in [7, 11) is 0. The molecule has 3 N–H and O–H groups in total. The number of halogens is 1. The van der Waals surface area contributed by atoms with Crippen molar-refractivity contribution < 1.29 is 19.5 Å². The van der Waals surface area contributed by atoms with E-state index in [1.807, 2.05) is 78.9 Å². The van der Waals surface area contributed by atoms with Gasteiger partial charge in [-0.3, -0.25) is 24.6 Å². The zero-order chi connectivity index (χ0) is 25.7. The van der Waals surface area contributed by atoms with Gasteiger partial charge < -0.3 is 10.1 Å². The highest BCUT2D eigenvalue weighted by molar-refractivity contribution is 9.10. The molecule has 3 heterocycles. The van der Waals surface area contributed by atoms with Crippen LogP contribution in [0.15, 0.2) is 89.5 Å². The van der Waals surface area contributed by atoms with Gasteiger partial charge in [-0.15, -0.1) is 0 Å². The molecule has 3 aromatic carbocycles. The Balaban J connectivity index is 1.47. The van der Waals surface area contributed by atoms with Gasteiger partial charge in [-0.2, -0.15) is 0 Å². The molecule has 2 saturated heterocycles. The molecule has 0 saturated carbocycles. The number of aromatic nitrogens is 1. The van der Waals surface area contributed by atoms with E-state index in [4.69, 9.17) is 0 Å². The van der Waals surface area contributed by atoms with Crippen molar-refractivity contribution in [2.75, 3.05) is 0 Å². The molecule has 2 aliphatic rings. The van der Waals surface area contributed by atoms with Crippen LogP contribution in [0, 0.1) is 11.8 Å². The van der Waals surface area contributed by atoms with Crippen LogP contribution in [0.5, 0.6) is 0 Å². The van der Waals surface area contributed by atoms with Crippen LogP contribution >= 0.6 is 15.9 Å². The van der Waals surface area contributed by atoms with Crippen molar-refractivity contribution in [3.05, 3.63) is 106 Å². The van der Waals surface area contributed by atoms with E-state index in [9.17, 15) is 19.5 Å². The van der Waals surface area contributed by atoms with Gasteiger partial charge in [0.15, 0.2) is 0 Å². The van der Waals surface area contributed by atoms with E-state index in [0.717, 1.165) is 32.1 Å². The molecule has 0 bridgehead atoms. The first-order chi connectivity index (χ1) is 17.9. The molecule has 4 unspecified atom stereocenters. The lowest BCUT2D eigenvalue weighted by Gasteiger charge is -2.31. The molecular weight excluding hydrogens is 534 g/mol. The number of carbonyl (C=O) groups excluding carboxylic acids is 2. The predicted octanol–water partition coefficient (Wildman–Crippen LogP) is 4.44. The monoisotopic (exact) mass is 557 g/mol. The van der Waals surface area contributed by atoms with Gasteiger partial charge in [-0.1, -0.05) is 76.6 Å². The van der Waals surface area contributed by atoms with Gasteiger partial charge in [-0.05, 0) is 34.9 Å². The van der Waals surface area contributed by atoms with Crippen LogP contribution in [0.2, 0.25) is 0 Å². The fraction of sp³-hybridized carbons (Fsp3) is 0.207. The first-order valence-electron chi connectivity index (χ1n) is 12.1. The second kappa shape index (κ2) is 8.97. The number of carbonyl (C=O) groups is 3. The normalized spacial score (nSPS) is 25.1. The van der Waals surface area contributed by atoms with Gasteiger partial charge in [0.25, 0.3) is 0 Å². The maximum atomic E-state index is 13.9. The van der Waals surface area contributed by atoms with Crippen molar-refractivity contribution in [3.8, 4) is 0 Å². The molecule has 4 aromatic rings. The van der Waals surface area contributed by atoms with E-state index in [-0.39, 0.29) is 18.9 Å². The number of likely N-dealkylation sites (tertiary alicyclic amines) is 1. The number of aliphatic carboxylic acids is 1. The smallest absolute Gasteiger partial charge is 0.325 e. The van der Waals surface area contributed by atoms with E-state index in [1.165, 1.54) is 4.90 Å². The third-order valence-electron chi connectivity index (χ3n) is 7.68. The van der Waals surface area contributed by atoms with Gasteiger partial charge in [0.05, 0.1) is 18.4 Å². The van der Waals surface area contributed by atoms with Crippen molar-refractivity contribution in [2.45, 2.75) is 24.5 Å². The Morgan fingerprint density at radius 3 is 2.38 bits per heavy atom. The van der Waals surface area contributed by atoms with Crippen LogP contribution in [0.4, 0.5) is 0 Å². The number of amides is 2. The fourth-order valence-electron chi connectivity index (χ4n) is 5.95. The van der Waals surface area contributed by atoms with Gasteiger partial charge >= 0.3 is 5.97 Å². The SMILES string of the molecule is O=C1C2C(c3ccc(Br)cc3)NC(Cc3c[nH]c4ccccc34)(C(=O)O)C2C(=O)N1Cc1ccccc1. The van der Waals surface area contributed by atoms with Crippen molar-refractivity contribution in [2.24, 2.45) is 11.8 Å². The van der Waals surface area contributed by atoms with Crippen LogP contribution in [0.1, 0.15) is 22.7 Å². The maximum Gasteiger partial charge on any atom is 0.325 e. The Morgan fingerprint density at radius 2 is 1.65 bits per heavy atom. The molecule has 4 atom stereocenters. The van der Waals surface area contributed by atoms with Gasteiger partial charge in [-0.25, -0.2) is 0 Å². The number of rotatable bonds is 6. The lowest BCUT2D eigenvalue weighted by Crippen LogP contribution is -2.57. The molecule has 6 rings (SSSR count). The highest BCUT2D eigenvalue weighted by Crippen LogP contribution is 2.50. The predicted molar refractivity (Wildman–Crippen MR) is 141 cm³/mol. The van der Waals surface area contributed by atoms with Crippen LogP contribution in [-0.4, -0.2) is 38.3 Å². The number of imide groups is 1. The highest BCUT2D eigenvalue weighted by Gasteiger charge is 2.68. The number of para-hydroxylation sites is 1. The lowest BCUT2D eigenvalue weighted by atomic mass is 9.76. The lowest BCUT2D eigenvalue weighted by molar-refractivity contribution is -0.151. The van der Waals surface area contributed by atoms with Crippen LogP contribution in [0.25, 0.3) is 10.9 Å². The number of nitrogens with zero attached hydrogens (tertiary/aromatic N) is 1. The molecule has 2 aliphatic heterocycles. The molecule has 186 valence electrons. The number of fused-ring (bicyclic) bond motifs is 2. The zero-order valence-electron chi connectivity index (χ0n) is 19.7. The second-order valence-corrected chi connectivity index (χ2v) is 10.7. The summed E-state index contributed by atoms with van der Waals surface area (Å²) in [5.74, 6) is -3.83. The molecule has 8 heteroatoms. The number of carboxylic acid groups (broad SMARTS) is 1. The molecule has 1 aromatic heterocycles. The van der Waals surface area contributed by atoms with Crippen molar-refractivity contribution in [1.82, 2.24) is 15.2 Å². The molecule has 0 aliphatic carbocycles. The van der Waals surface area contributed by atoms with Gasteiger partial charge in [0, 0.05) is 34.0 Å². The number of nitrogens with one attached hydrogen (secondary N) is 2. The largest absolute Gasteiger partial charge is 0.480 e. The Bertz CT molecular complexity index is 1520. The molecule has 0 spiro atoms. The average Bonchev–Trinajstić information content (AvgIpc) is 3.54. The quantitative estimate of drug-likeness (QED) is 0.304. The number of carboxylic acids is 1. The number of benzene rings is 3. The van der Waals surface area contributed by atoms with E-state index in [1.54, 1.807) is 6.20 Å². The maximum absolute atomic E-state index is 13.9. The summed E-state index contributed by atoms with van der Waals surface area (Å²) in [6, 6.07) is 23.8. The van der Waals surface area contributed by atoms with Crippen molar-refractivity contribution in [1.29, 1.82) is 0 Å². The number of H-pyrrole nitrogens is 1. The summed E-state index contributed by atoms with van der Waals surface area (Å²) >= 11 is 3.44. The fourth-order valence-corrected chi connectivity index (χ4v) is 6.22. The molecule has 2 fully saturated rings. The standard InChI is InChI=1S/C29H24BrN3O4/c30-20-12-10-18(11-13-20)25-23-24(27(35)33(26(23)34)16-17-6-2-1-3-7-17)29(32-25,28(36)37)14-19-15-31-22-9-5-4-8-21(19)22/h1-13,15,23-25,31-32H,14,16H2,(H,36,37). The summed E-state index contributed by atoms with van der Waals surface area (Å²) in [4.78, 5) is 45.3. The Labute approximate surface area is 221 Å². The van der Waals surface area contributed by atoms with E-state index >= 15 is 0 Å². The minimum Gasteiger partial charge on any atom is -0.480 e. The highest BCUT2D eigenvalue weighted by atomic mass is 79.9. The number of aromatic amines is 1. The first-order valence-corrected chi connectivity index (χ1v) is 12.9. The molecule has 2 amide bonds. The summed E-state index contributed by atoms with van der Waals surface area (Å²) in [5.41, 5.74) is 1.59. The minimum atomic E-state index is -1.66. The molecular formula is C29H24BrN3O4.